The van der Waals surface area contributed by atoms with Gasteiger partial charge in [-0.2, -0.15) is 30.3 Å². The Labute approximate surface area is 109 Å². The first-order chi connectivity index (χ1) is 7.77. The lowest BCUT2D eigenvalue weighted by Gasteiger charge is -2.35. The monoisotopic (exact) mass is 266 g/mol. The Bertz CT molecular complexity index is 178. The van der Waals surface area contributed by atoms with E-state index in [0.29, 0.717) is 25.3 Å². The largest absolute Gasteiger partial charge is 0.356 e. The highest BCUT2D eigenvalue weighted by atomic mass is 32.1. The number of thiol groups is 2. The quantitative estimate of drug-likeness (QED) is 0.410. The zero-order valence-corrected chi connectivity index (χ0v) is 11.6. The van der Waals surface area contributed by atoms with Crippen molar-refractivity contribution < 1.29 is 9.57 Å². The third-order valence-corrected chi connectivity index (χ3v) is 3.19. The van der Waals surface area contributed by atoms with Gasteiger partial charge < -0.3 is 4.74 Å². The molecule has 16 heavy (non-hydrogen) atoms. The van der Waals surface area contributed by atoms with Gasteiger partial charge in [-0.15, -0.1) is 0 Å². The summed E-state index contributed by atoms with van der Waals surface area (Å²) in [5.74, 6) is 1.25. The molecule has 0 aromatic heterocycles. The van der Waals surface area contributed by atoms with Gasteiger partial charge in [0.05, 0.1) is 12.5 Å². The van der Waals surface area contributed by atoms with E-state index in [4.69, 9.17) is 9.57 Å². The molecule has 1 aliphatic rings. The van der Waals surface area contributed by atoms with Gasteiger partial charge in [-0.25, -0.2) is 0 Å². The molecule has 1 heterocycles. The molecule has 96 valence electrons. The van der Waals surface area contributed by atoms with E-state index < -0.39 is 0 Å². The van der Waals surface area contributed by atoms with E-state index in [1.54, 1.807) is 0 Å². The maximum atomic E-state index is 5.54. The summed E-state index contributed by atoms with van der Waals surface area (Å²) in [7, 11) is 2.01. The van der Waals surface area contributed by atoms with Crippen LogP contribution in [0, 0.1) is 0 Å². The summed E-state index contributed by atoms with van der Waals surface area (Å²) in [6, 6.07) is 0.520. The van der Waals surface area contributed by atoms with Crippen molar-refractivity contribution in [3.63, 3.8) is 0 Å². The lowest BCUT2D eigenvalue weighted by molar-refractivity contribution is -0.173. The van der Waals surface area contributed by atoms with Crippen LogP contribution in [0.4, 0.5) is 0 Å². The van der Waals surface area contributed by atoms with Crippen LogP contribution in [0.25, 0.3) is 0 Å². The van der Waals surface area contributed by atoms with E-state index in [9.17, 15) is 0 Å². The fraction of sp³-hybridized carbons (Fsp3) is 1.00. The fourth-order valence-electron chi connectivity index (χ4n) is 1.87. The molecule has 0 unspecified atom stereocenters. The number of piperidine rings is 1. The van der Waals surface area contributed by atoms with E-state index in [1.165, 1.54) is 0 Å². The number of hydrogen-bond acceptors (Lipinski definition) is 6. The van der Waals surface area contributed by atoms with Crippen molar-refractivity contribution in [2.75, 3.05) is 45.2 Å². The number of likely N-dealkylation sites (tertiary alicyclic amines) is 1. The van der Waals surface area contributed by atoms with Crippen LogP contribution >= 0.6 is 25.3 Å². The van der Waals surface area contributed by atoms with E-state index in [-0.39, 0.29) is 0 Å². The minimum atomic E-state index is 0.491. The summed E-state index contributed by atoms with van der Waals surface area (Å²) in [6.07, 6.45) is 2.25. The normalized spacial score (nSPS) is 19.5. The Kier molecular flexibility index (Phi) is 7.85. The Hall–Kier alpha value is 0.540. The highest BCUT2D eigenvalue weighted by Crippen LogP contribution is 2.15. The predicted molar refractivity (Wildman–Crippen MR) is 72.0 cm³/mol. The van der Waals surface area contributed by atoms with Crippen molar-refractivity contribution in [3.05, 3.63) is 0 Å². The fourth-order valence-corrected chi connectivity index (χ4v) is 2.04. The molecule has 1 fully saturated rings. The Morgan fingerprint density at radius 1 is 1.31 bits per heavy atom. The molecule has 1 rings (SSSR count). The second-order valence-corrected chi connectivity index (χ2v) is 4.62. The van der Waals surface area contributed by atoms with Gasteiger partial charge in [0.1, 0.15) is 6.73 Å². The van der Waals surface area contributed by atoms with E-state index in [1.807, 2.05) is 12.1 Å². The summed E-state index contributed by atoms with van der Waals surface area (Å²) < 4.78 is 5.27. The predicted octanol–water partition coefficient (Wildman–Crippen LogP) is 1.11. The average Bonchev–Trinajstić information content (AvgIpc) is 2.34. The van der Waals surface area contributed by atoms with E-state index >= 15 is 0 Å². The lowest BCUT2D eigenvalue weighted by Crippen LogP contribution is -2.44. The van der Waals surface area contributed by atoms with Crippen molar-refractivity contribution in [3.8, 4) is 0 Å². The summed E-state index contributed by atoms with van der Waals surface area (Å²) in [6.45, 7) is 3.50. The molecule has 0 amide bonds. The Morgan fingerprint density at radius 2 is 2.00 bits per heavy atom. The molecule has 0 aliphatic carbocycles. The van der Waals surface area contributed by atoms with Gasteiger partial charge in [-0.1, -0.05) is 0 Å². The van der Waals surface area contributed by atoms with Gasteiger partial charge in [0.15, 0.2) is 0 Å². The Morgan fingerprint density at radius 3 is 2.56 bits per heavy atom. The molecule has 0 bridgehead atoms. The second kappa shape index (κ2) is 8.60. The minimum absolute atomic E-state index is 0.491. The zero-order chi connectivity index (χ0) is 11.8. The van der Waals surface area contributed by atoms with Crippen molar-refractivity contribution in [1.29, 1.82) is 0 Å². The third-order valence-electron chi connectivity index (χ3n) is 2.82. The highest BCUT2D eigenvalue weighted by Gasteiger charge is 2.22. The van der Waals surface area contributed by atoms with Crippen LogP contribution in [-0.2, 0) is 9.57 Å². The number of rotatable bonds is 7. The summed E-state index contributed by atoms with van der Waals surface area (Å²) in [4.78, 5) is 7.85. The molecular weight excluding hydrogens is 244 g/mol. The molecule has 4 nitrogen and oxygen atoms in total. The third kappa shape index (κ3) is 5.25. The summed E-state index contributed by atoms with van der Waals surface area (Å²) >= 11 is 8.15. The maximum Gasteiger partial charge on any atom is 0.100 e. The van der Waals surface area contributed by atoms with Crippen molar-refractivity contribution >= 4 is 25.3 Å². The number of nitrogens with zero attached hydrogens (tertiary/aromatic N) is 2. The van der Waals surface area contributed by atoms with Gasteiger partial charge in [-0.3, -0.25) is 9.74 Å². The molecule has 0 spiro atoms. The first-order valence-electron chi connectivity index (χ1n) is 5.65. The molecular formula is C10H22N2O2S2. The van der Waals surface area contributed by atoms with Gasteiger partial charge in [-0.05, 0) is 12.8 Å². The standard InChI is InChI=1S/C10H22N2O2S2/c1-11(14-6-7-15)10-2-4-12(5-3-10)8-13-9-16/h10,15-16H,2-9H2,1H3. The molecule has 6 heteroatoms. The van der Waals surface area contributed by atoms with Crippen LogP contribution in [0.2, 0.25) is 0 Å². The topological polar surface area (TPSA) is 24.9 Å². The first-order valence-corrected chi connectivity index (χ1v) is 6.92. The highest BCUT2D eigenvalue weighted by molar-refractivity contribution is 7.80. The number of hydrogen-bond donors (Lipinski definition) is 2. The molecule has 0 aromatic carbocycles. The SMILES string of the molecule is CN(OCCS)C1CCN(COCS)CC1. The molecule has 0 saturated carbocycles. The number of hydroxylamine groups is 2. The van der Waals surface area contributed by atoms with Crippen LogP contribution in [0.15, 0.2) is 0 Å². The van der Waals surface area contributed by atoms with Crippen molar-refractivity contribution in [1.82, 2.24) is 9.96 Å². The smallest absolute Gasteiger partial charge is 0.100 e. The second-order valence-electron chi connectivity index (χ2n) is 3.91. The van der Waals surface area contributed by atoms with Crippen LogP contribution in [-0.4, -0.2) is 61.2 Å². The van der Waals surface area contributed by atoms with Gasteiger partial charge in [0, 0.05) is 31.9 Å². The molecule has 0 aromatic rings. The lowest BCUT2D eigenvalue weighted by atomic mass is 10.1. The molecule has 0 atom stereocenters. The van der Waals surface area contributed by atoms with Crippen LogP contribution in [0.3, 0.4) is 0 Å². The average molecular weight is 266 g/mol. The number of ether oxygens (including phenoxy) is 1. The van der Waals surface area contributed by atoms with Gasteiger partial charge in [0.25, 0.3) is 0 Å². The minimum Gasteiger partial charge on any atom is -0.356 e. The molecule has 0 radical (unpaired) electrons. The maximum absolute atomic E-state index is 5.54. The molecule has 0 N–H and O–H groups in total. The molecule has 1 saturated heterocycles. The van der Waals surface area contributed by atoms with Crippen molar-refractivity contribution in [2.24, 2.45) is 0 Å². The summed E-state index contributed by atoms with van der Waals surface area (Å²) in [5, 5.41) is 1.98. The van der Waals surface area contributed by atoms with Crippen LogP contribution in [0.5, 0.6) is 0 Å². The zero-order valence-electron chi connectivity index (χ0n) is 9.84. The van der Waals surface area contributed by atoms with E-state index in [0.717, 1.165) is 31.7 Å². The van der Waals surface area contributed by atoms with E-state index in [2.05, 4.69) is 30.2 Å². The van der Waals surface area contributed by atoms with Crippen LogP contribution in [0.1, 0.15) is 12.8 Å². The van der Waals surface area contributed by atoms with Gasteiger partial charge in [0.2, 0.25) is 0 Å². The van der Waals surface area contributed by atoms with Crippen molar-refractivity contribution in [2.45, 2.75) is 18.9 Å². The first kappa shape index (κ1) is 14.6. The van der Waals surface area contributed by atoms with Gasteiger partial charge >= 0.3 is 0 Å². The summed E-state index contributed by atoms with van der Waals surface area (Å²) in [5.41, 5.74) is 0. The molecule has 1 aliphatic heterocycles. The van der Waals surface area contributed by atoms with Crippen LogP contribution < -0.4 is 0 Å². The Balaban J connectivity index is 2.15.